The lowest BCUT2D eigenvalue weighted by molar-refractivity contribution is -0.115. The Morgan fingerprint density at radius 3 is 2.71 bits per heavy atom. The first-order chi connectivity index (χ1) is 10.2. The van der Waals surface area contributed by atoms with Gasteiger partial charge < -0.3 is 5.32 Å². The molecule has 21 heavy (non-hydrogen) atoms. The van der Waals surface area contributed by atoms with Gasteiger partial charge in [-0.3, -0.25) is 4.79 Å². The van der Waals surface area contributed by atoms with E-state index >= 15 is 0 Å². The van der Waals surface area contributed by atoms with Crippen LogP contribution in [0.5, 0.6) is 0 Å². The monoisotopic (exact) mass is 314 g/mol. The number of hydrogen-bond acceptors (Lipinski definition) is 4. The number of thiophene rings is 1. The summed E-state index contributed by atoms with van der Waals surface area (Å²) in [6.45, 7) is 2.02. The Morgan fingerprint density at radius 1 is 1.19 bits per heavy atom. The van der Waals surface area contributed by atoms with Gasteiger partial charge in [0.1, 0.15) is 5.01 Å². The number of carbonyl (C=O) groups is 1. The van der Waals surface area contributed by atoms with Gasteiger partial charge in [-0.25, -0.2) is 4.98 Å². The number of anilines is 1. The van der Waals surface area contributed by atoms with Crippen molar-refractivity contribution in [3.63, 3.8) is 0 Å². The highest BCUT2D eigenvalue weighted by molar-refractivity contribution is 7.14. The van der Waals surface area contributed by atoms with Crippen LogP contribution in [0, 0.1) is 6.92 Å². The highest BCUT2D eigenvalue weighted by Gasteiger charge is 2.09. The molecule has 106 valence electrons. The Kier molecular flexibility index (Phi) is 4.13. The first-order valence-corrected chi connectivity index (χ1v) is 8.36. The van der Waals surface area contributed by atoms with Crippen molar-refractivity contribution in [2.75, 3.05) is 5.32 Å². The molecule has 5 heteroatoms. The molecule has 1 N–H and O–H groups in total. The lowest BCUT2D eigenvalue weighted by atomic mass is 10.2. The number of thiazole rings is 1. The molecule has 0 bridgehead atoms. The molecule has 1 aromatic carbocycles. The van der Waals surface area contributed by atoms with Gasteiger partial charge in [0.05, 0.1) is 12.1 Å². The fourth-order valence-corrected chi connectivity index (χ4v) is 3.45. The number of benzene rings is 1. The Hall–Kier alpha value is -1.98. The van der Waals surface area contributed by atoms with Crippen LogP contribution in [0.4, 0.5) is 5.69 Å². The summed E-state index contributed by atoms with van der Waals surface area (Å²) < 4.78 is 0. The van der Waals surface area contributed by atoms with Gasteiger partial charge in [-0.15, -0.1) is 11.3 Å². The highest BCUT2D eigenvalue weighted by atomic mass is 32.1. The topological polar surface area (TPSA) is 42.0 Å². The summed E-state index contributed by atoms with van der Waals surface area (Å²) in [5, 5.41) is 9.90. The van der Waals surface area contributed by atoms with Crippen molar-refractivity contribution in [1.82, 2.24) is 4.98 Å². The zero-order chi connectivity index (χ0) is 14.7. The van der Waals surface area contributed by atoms with E-state index in [9.17, 15) is 4.79 Å². The molecule has 3 nitrogen and oxygen atoms in total. The highest BCUT2D eigenvalue weighted by Crippen LogP contribution is 2.25. The number of hydrogen-bond donors (Lipinski definition) is 1. The molecule has 2 aromatic heterocycles. The van der Waals surface area contributed by atoms with E-state index in [1.54, 1.807) is 22.7 Å². The molecule has 0 aliphatic carbocycles. The van der Waals surface area contributed by atoms with Crippen LogP contribution in [0.1, 0.15) is 11.3 Å². The van der Waals surface area contributed by atoms with Crippen molar-refractivity contribution in [1.29, 1.82) is 0 Å². The van der Waals surface area contributed by atoms with Crippen molar-refractivity contribution in [2.24, 2.45) is 0 Å². The van der Waals surface area contributed by atoms with Crippen LogP contribution >= 0.6 is 22.7 Å². The predicted octanol–water partition coefficient (Wildman–Crippen LogP) is 4.36. The molecule has 0 fully saturated rings. The fraction of sp³-hybridized carbons (Fsp3) is 0.125. The molecule has 3 rings (SSSR count). The number of carbonyl (C=O) groups excluding carboxylic acids is 1. The Bertz CT molecular complexity index is 730. The maximum atomic E-state index is 12.0. The molecule has 0 atom stereocenters. The van der Waals surface area contributed by atoms with E-state index in [1.165, 1.54) is 5.56 Å². The summed E-state index contributed by atoms with van der Waals surface area (Å²) >= 11 is 3.22. The lowest BCUT2D eigenvalue weighted by Crippen LogP contribution is -2.14. The van der Waals surface area contributed by atoms with Crippen LogP contribution in [0.15, 0.2) is 46.5 Å². The van der Waals surface area contributed by atoms with Crippen LogP contribution in [-0.4, -0.2) is 10.9 Å². The normalized spacial score (nSPS) is 10.5. The van der Waals surface area contributed by atoms with E-state index in [1.807, 2.05) is 48.0 Å². The second kappa shape index (κ2) is 6.20. The van der Waals surface area contributed by atoms with E-state index in [4.69, 9.17) is 0 Å². The number of nitrogens with one attached hydrogen (secondary N) is 1. The predicted molar refractivity (Wildman–Crippen MR) is 88.9 cm³/mol. The third-order valence-electron chi connectivity index (χ3n) is 3.00. The molecule has 0 aliphatic rings. The zero-order valence-corrected chi connectivity index (χ0v) is 13.1. The largest absolute Gasteiger partial charge is 0.326 e. The van der Waals surface area contributed by atoms with Gasteiger partial charge >= 0.3 is 0 Å². The quantitative estimate of drug-likeness (QED) is 0.777. The average Bonchev–Trinajstić information content (AvgIpc) is 3.12. The molecule has 0 saturated heterocycles. The molecule has 1 amide bonds. The summed E-state index contributed by atoms with van der Waals surface area (Å²) in [5.41, 5.74) is 3.92. The van der Waals surface area contributed by atoms with E-state index in [-0.39, 0.29) is 5.91 Å². The molecule has 0 unspecified atom stereocenters. The van der Waals surface area contributed by atoms with Crippen molar-refractivity contribution >= 4 is 34.3 Å². The maximum Gasteiger partial charge on any atom is 0.230 e. The van der Waals surface area contributed by atoms with Crippen LogP contribution < -0.4 is 5.32 Å². The van der Waals surface area contributed by atoms with E-state index < -0.39 is 0 Å². The Morgan fingerprint density at radius 2 is 2.00 bits per heavy atom. The lowest BCUT2D eigenvalue weighted by Gasteiger charge is -2.04. The van der Waals surface area contributed by atoms with Crippen LogP contribution in [0.2, 0.25) is 0 Å². The third kappa shape index (κ3) is 3.56. The molecule has 0 aliphatic heterocycles. The standard InChI is InChI=1S/C16H14N2OS2/c1-11-2-4-13(5-3-11)17-15(19)8-14-10-21-16(18-14)12-6-7-20-9-12/h2-7,9-10H,8H2,1H3,(H,17,19). The fourth-order valence-electron chi connectivity index (χ4n) is 1.91. The Labute approximate surface area is 131 Å². The van der Waals surface area contributed by atoms with Crippen molar-refractivity contribution < 1.29 is 4.79 Å². The van der Waals surface area contributed by atoms with Gasteiger partial charge in [-0.1, -0.05) is 17.7 Å². The van der Waals surface area contributed by atoms with Gasteiger partial charge in [0, 0.05) is 22.0 Å². The molecular formula is C16H14N2OS2. The van der Waals surface area contributed by atoms with E-state index in [0.717, 1.165) is 22.0 Å². The molecular weight excluding hydrogens is 300 g/mol. The molecule has 3 aromatic rings. The van der Waals surface area contributed by atoms with Crippen LogP contribution in [0.3, 0.4) is 0 Å². The SMILES string of the molecule is Cc1ccc(NC(=O)Cc2csc(-c3ccsc3)n2)cc1. The smallest absolute Gasteiger partial charge is 0.230 e. The summed E-state index contributed by atoms with van der Waals surface area (Å²) in [6.07, 6.45) is 0.300. The number of nitrogens with zero attached hydrogens (tertiary/aromatic N) is 1. The van der Waals surface area contributed by atoms with Crippen LogP contribution in [-0.2, 0) is 11.2 Å². The number of aromatic nitrogens is 1. The van der Waals surface area contributed by atoms with Crippen LogP contribution in [0.25, 0.3) is 10.6 Å². The van der Waals surface area contributed by atoms with Crippen molar-refractivity contribution in [2.45, 2.75) is 13.3 Å². The summed E-state index contributed by atoms with van der Waals surface area (Å²) in [6, 6.07) is 9.82. The van der Waals surface area contributed by atoms with E-state index in [0.29, 0.717) is 6.42 Å². The van der Waals surface area contributed by atoms with Gasteiger partial charge in [0.15, 0.2) is 0 Å². The van der Waals surface area contributed by atoms with Gasteiger partial charge in [-0.05, 0) is 30.5 Å². The van der Waals surface area contributed by atoms with Gasteiger partial charge in [0.2, 0.25) is 5.91 Å². The molecule has 0 spiro atoms. The molecule has 0 saturated carbocycles. The van der Waals surface area contributed by atoms with Crippen molar-refractivity contribution in [3.8, 4) is 10.6 Å². The van der Waals surface area contributed by atoms with Gasteiger partial charge in [-0.2, -0.15) is 11.3 Å². The first kappa shape index (κ1) is 14.0. The number of rotatable bonds is 4. The maximum absolute atomic E-state index is 12.0. The minimum absolute atomic E-state index is 0.0407. The second-order valence-electron chi connectivity index (χ2n) is 4.75. The minimum atomic E-state index is -0.0407. The third-order valence-corrected chi connectivity index (χ3v) is 4.62. The summed E-state index contributed by atoms with van der Waals surface area (Å²) in [5.74, 6) is -0.0407. The minimum Gasteiger partial charge on any atom is -0.326 e. The summed E-state index contributed by atoms with van der Waals surface area (Å²) in [4.78, 5) is 16.5. The zero-order valence-electron chi connectivity index (χ0n) is 11.5. The van der Waals surface area contributed by atoms with Crippen molar-refractivity contribution in [3.05, 3.63) is 57.7 Å². The van der Waals surface area contributed by atoms with E-state index in [2.05, 4.69) is 15.7 Å². The molecule has 2 heterocycles. The average molecular weight is 314 g/mol. The van der Waals surface area contributed by atoms with Gasteiger partial charge in [0.25, 0.3) is 0 Å². The summed E-state index contributed by atoms with van der Waals surface area (Å²) in [7, 11) is 0. The second-order valence-corrected chi connectivity index (χ2v) is 6.39. The number of amides is 1. The molecule has 0 radical (unpaired) electrons. The first-order valence-electron chi connectivity index (χ1n) is 6.54. The number of aryl methyl sites for hydroxylation is 1. The Balaban J connectivity index is 1.64.